The Morgan fingerprint density at radius 3 is 2.38 bits per heavy atom. The van der Waals surface area contributed by atoms with Gasteiger partial charge in [0.1, 0.15) is 0 Å². The average Bonchev–Trinajstić information content (AvgIpc) is 3.38. The van der Waals surface area contributed by atoms with Crippen molar-refractivity contribution < 1.29 is 19.5 Å². The highest BCUT2D eigenvalue weighted by Gasteiger charge is 2.48. The van der Waals surface area contributed by atoms with Crippen molar-refractivity contribution >= 4 is 41.1 Å². The summed E-state index contributed by atoms with van der Waals surface area (Å²) in [6.07, 6.45) is 2.18. The summed E-state index contributed by atoms with van der Waals surface area (Å²) in [5.74, 6) is 0.134. The molecule has 3 amide bonds. The Morgan fingerprint density at radius 2 is 1.78 bits per heavy atom. The first-order chi connectivity index (χ1) is 15.2. The Morgan fingerprint density at radius 1 is 1.09 bits per heavy atom. The SMILES string of the molecule is CC1(C(=O)N2CCC(C(=O)N3C[C@@H](CNC(=O)O)[C@H](c4ccc(Cl)c(Cl)c4)C3)CC2)CC1. The molecule has 2 N–H and O–H groups in total. The summed E-state index contributed by atoms with van der Waals surface area (Å²) in [6, 6.07) is 5.43. The number of nitrogens with one attached hydrogen (secondary N) is 1. The molecule has 3 aliphatic rings. The lowest BCUT2D eigenvalue weighted by molar-refractivity contribution is -0.142. The van der Waals surface area contributed by atoms with Crippen LogP contribution in [0.15, 0.2) is 18.2 Å². The molecule has 2 heterocycles. The Balaban J connectivity index is 1.41. The highest BCUT2D eigenvalue weighted by molar-refractivity contribution is 6.42. The minimum absolute atomic E-state index is 0.0305. The lowest BCUT2D eigenvalue weighted by Gasteiger charge is -2.34. The van der Waals surface area contributed by atoms with Gasteiger partial charge in [-0.1, -0.05) is 36.2 Å². The number of amides is 3. The first-order valence-electron chi connectivity index (χ1n) is 11.2. The average molecular weight is 482 g/mol. The van der Waals surface area contributed by atoms with Crippen molar-refractivity contribution in [2.75, 3.05) is 32.7 Å². The number of rotatable bonds is 5. The molecule has 2 aliphatic heterocycles. The topological polar surface area (TPSA) is 90.0 Å². The second-order valence-electron chi connectivity index (χ2n) is 9.60. The van der Waals surface area contributed by atoms with Crippen LogP contribution in [0.5, 0.6) is 0 Å². The lowest BCUT2D eigenvalue weighted by atomic mass is 9.89. The Hall–Kier alpha value is -1.99. The van der Waals surface area contributed by atoms with E-state index in [-0.39, 0.29) is 41.5 Å². The quantitative estimate of drug-likeness (QED) is 0.668. The molecule has 1 aromatic carbocycles. The van der Waals surface area contributed by atoms with E-state index < -0.39 is 6.09 Å². The molecule has 1 aromatic rings. The molecule has 1 aliphatic carbocycles. The normalized spacial score (nSPS) is 25.0. The summed E-state index contributed by atoms with van der Waals surface area (Å²) in [7, 11) is 0. The number of carbonyl (C=O) groups excluding carboxylic acids is 2. The van der Waals surface area contributed by atoms with E-state index in [4.69, 9.17) is 28.3 Å². The number of carbonyl (C=O) groups is 3. The molecule has 0 aromatic heterocycles. The van der Waals surface area contributed by atoms with Crippen LogP contribution >= 0.6 is 23.2 Å². The zero-order valence-corrected chi connectivity index (χ0v) is 19.7. The third kappa shape index (κ3) is 4.84. The monoisotopic (exact) mass is 481 g/mol. The van der Waals surface area contributed by atoms with Crippen LogP contribution in [0.2, 0.25) is 10.0 Å². The molecule has 2 saturated heterocycles. The van der Waals surface area contributed by atoms with Crippen LogP contribution < -0.4 is 5.32 Å². The number of likely N-dealkylation sites (tertiary alicyclic amines) is 2. The Bertz CT molecular complexity index is 913. The van der Waals surface area contributed by atoms with Gasteiger partial charge in [0.05, 0.1) is 10.0 Å². The third-order valence-corrected chi connectivity index (χ3v) is 8.03. The van der Waals surface area contributed by atoms with E-state index >= 15 is 0 Å². The first kappa shape index (κ1) is 23.2. The molecule has 4 rings (SSSR count). The molecule has 0 bridgehead atoms. The van der Waals surface area contributed by atoms with Crippen LogP contribution in [-0.4, -0.2) is 65.5 Å². The second kappa shape index (κ2) is 9.10. The number of benzene rings is 1. The summed E-state index contributed by atoms with van der Waals surface area (Å²) in [5, 5.41) is 12.4. The van der Waals surface area contributed by atoms with Crippen LogP contribution in [0.4, 0.5) is 4.79 Å². The van der Waals surface area contributed by atoms with Gasteiger partial charge in [-0.2, -0.15) is 0 Å². The van der Waals surface area contributed by atoms with E-state index in [2.05, 4.69) is 5.32 Å². The van der Waals surface area contributed by atoms with Crippen LogP contribution in [0.3, 0.4) is 0 Å². The molecular weight excluding hydrogens is 453 g/mol. The molecule has 1 saturated carbocycles. The van der Waals surface area contributed by atoms with Crippen molar-refractivity contribution in [3.8, 4) is 0 Å². The molecule has 0 spiro atoms. The summed E-state index contributed by atoms with van der Waals surface area (Å²) in [5.41, 5.74) is 0.772. The number of piperidine rings is 1. The fraction of sp³-hybridized carbons (Fsp3) is 0.609. The van der Waals surface area contributed by atoms with Crippen molar-refractivity contribution in [2.45, 2.75) is 38.5 Å². The van der Waals surface area contributed by atoms with E-state index in [0.717, 1.165) is 18.4 Å². The summed E-state index contributed by atoms with van der Waals surface area (Å²) in [6.45, 7) is 4.53. The zero-order chi connectivity index (χ0) is 23.0. The number of hydrogen-bond acceptors (Lipinski definition) is 3. The number of nitrogens with zero attached hydrogens (tertiary/aromatic N) is 2. The fourth-order valence-electron chi connectivity index (χ4n) is 4.97. The largest absolute Gasteiger partial charge is 0.465 e. The first-order valence-corrected chi connectivity index (χ1v) is 11.9. The molecule has 0 unspecified atom stereocenters. The standard InChI is InChI=1S/C23H29Cl2N3O4/c1-23(6-7-23)21(30)27-8-4-14(5-9-27)20(29)28-12-16(11-26-22(31)32)17(13-28)15-2-3-18(24)19(25)10-15/h2-3,10,14,16-17,26H,4-9,11-13H2,1H3,(H,31,32)/t16-,17+/m1/s1. The minimum atomic E-state index is -1.08. The van der Waals surface area contributed by atoms with Crippen molar-refractivity contribution in [2.24, 2.45) is 17.3 Å². The van der Waals surface area contributed by atoms with Gasteiger partial charge in [0.25, 0.3) is 0 Å². The van der Waals surface area contributed by atoms with Crippen molar-refractivity contribution in [1.29, 1.82) is 0 Å². The van der Waals surface area contributed by atoms with Crippen LogP contribution in [-0.2, 0) is 9.59 Å². The minimum Gasteiger partial charge on any atom is -0.465 e. The van der Waals surface area contributed by atoms with Gasteiger partial charge in [-0.25, -0.2) is 4.79 Å². The molecule has 32 heavy (non-hydrogen) atoms. The molecule has 2 atom stereocenters. The maximum Gasteiger partial charge on any atom is 0.404 e. The van der Waals surface area contributed by atoms with Crippen LogP contribution in [0.1, 0.15) is 44.1 Å². The molecule has 9 heteroatoms. The van der Waals surface area contributed by atoms with E-state index in [0.29, 0.717) is 49.1 Å². The van der Waals surface area contributed by atoms with Crippen molar-refractivity contribution in [3.05, 3.63) is 33.8 Å². The van der Waals surface area contributed by atoms with Crippen molar-refractivity contribution in [3.63, 3.8) is 0 Å². The predicted molar refractivity (Wildman–Crippen MR) is 122 cm³/mol. The van der Waals surface area contributed by atoms with E-state index in [1.54, 1.807) is 12.1 Å². The van der Waals surface area contributed by atoms with Gasteiger partial charge in [-0.3, -0.25) is 9.59 Å². The van der Waals surface area contributed by atoms with Crippen LogP contribution in [0.25, 0.3) is 0 Å². The maximum atomic E-state index is 13.3. The lowest BCUT2D eigenvalue weighted by Crippen LogP contribution is -2.46. The highest BCUT2D eigenvalue weighted by Crippen LogP contribution is 2.47. The highest BCUT2D eigenvalue weighted by atomic mass is 35.5. The number of halogens is 2. The van der Waals surface area contributed by atoms with Gasteiger partial charge in [-0.05, 0) is 43.4 Å². The van der Waals surface area contributed by atoms with Gasteiger partial charge in [-0.15, -0.1) is 0 Å². The fourth-order valence-corrected chi connectivity index (χ4v) is 5.27. The maximum absolute atomic E-state index is 13.3. The smallest absolute Gasteiger partial charge is 0.404 e. The molecule has 174 valence electrons. The molecule has 0 radical (unpaired) electrons. The van der Waals surface area contributed by atoms with Gasteiger partial charge < -0.3 is 20.2 Å². The summed E-state index contributed by atoms with van der Waals surface area (Å²) in [4.78, 5) is 40.7. The second-order valence-corrected chi connectivity index (χ2v) is 10.4. The summed E-state index contributed by atoms with van der Waals surface area (Å²) < 4.78 is 0. The van der Waals surface area contributed by atoms with Gasteiger partial charge in [0, 0.05) is 55.9 Å². The van der Waals surface area contributed by atoms with Crippen LogP contribution in [0, 0.1) is 17.3 Å². The molecule has 7 nitrogen and oxygen atoms in total. The van der Waals surface area contributed by atoms with Gasteiger partial charge in [0.15, 0.2) is 0 Å². The summed E-state index contributed by atoms with van der Waals surface area (Å²) >= 11 is 12.3. The third-order valence-electron chi connectivity index (χ3n) is 7.29. The van der Waals surface area contributed by atoms with E-state index in [1.807, 2.05) is 22.8 Å². The Labute approximate surface area is 198 Å². The number of carboxylic acid groups (broad SMARTS) is 1. The zero-order valence-electron chi connectivity index (χ0n) is 18.2. The number of hydrogen-bond donors (Lipinski definition) is 2. The van der Waals surface area contributed by atoms with Gasteiger partial charge >= 0.3 is 6.09 Å². The van der Waals surface area contributed by atoms with Crippen molar-refractivity contribution in [1.82, 2.24) is 15.1 Å². The van der Waals surface area contributed by atoms with E-state index in [9.17, 15) is 14.4 Å². The van der Waals surface area contributed by atoms with E-state index in [1.165, 1.54) is 0 Å². The Kier molecular flexibility index (Phi) is 6.59. The molecular formula is C23H29Cl2N3O4. The predicted octanol–water partition coefficient (Wildman–Crippen LogP) is 3.84. The molecule has 3 fully saturated rings. The van der Waals surface area contributed by atoms with Gasteiger partial charge in [0.2, 0.25) is 11.8 Å².